The van der Waals surface area contributed by atoms with Gasteiger partial charge in [0.1, 0.15) is 0 Å². The Bertz CT molecular complexity index is 520. The Kier molecular flexibility index (Phi) is 38.4. The number of hydrogen-bond acceptors (Lipinski definition) is 9. The van der Waals surface area contributed by atoms with Crippen LogP contribution in [0.25, 0.3) is 0 Å². The van der Waals surface area contributed by atoms with Gasteiger partial charge in [0.2, 0.25) is 0 Å². The SMILES string of the molecule is C=CC(=O)O.C=CC(=O)O.C=CC(=O)O.C=CC(=O)OCCCCO.CCC(CO)(CO)CO. The van der Waals surface area contributed by atoms with Crippen molar-refractivity contribution in [1.82, 2.24) is 0 Å². The molecule has 198 valence electrons. The number of carbonyl (C=O) groups is 4. The summed E-state index contributed by atoms with van der Waals surface area (Å²) in [5.41, 5.74) is -0.667. The minimum Gasteiger partial charge on any atom is -0.478 e. The minimum absolute atomic E-state index is 0.144. The van der Waals surface area contributed by atoms with Gasteiger partial charge in [-0.25, -0.2) is 19.2 Å². The molecule has 0 unspecified atom stereocenters. The Labute approximate surface area is 199 Å². The molecule has 0 heterocycles. The number of aliphatic hydroxyl groups excluding tert-OH is 4. The van der Waals surface area contributed by atoms with Crippen LogP contribution in [0.5, 0.6) is 0 Å². The summed E-state index contributed by atoms with van der Waals surface area (Å²) in [7, 11) is 0. The fourth-order valence-electron chi connectivity index (χ4n) is 0.931. The maximum absolute atomic E-state index is 10.4. The van der Waals surface area contributed by atoms with Crippen molar-refractivity contribution in [3.8, 4) is 0 Å². The number of aliphatic carboxylic acids is 3. The summed E-state index contributed by atoms with van der Waals surface area (Å²) in [6.45, 7) is 14.0. The first-order valence-corrected chi connectivity index (χ1v) is 9.65. The lowest BCUT2D eigenvalue weighted by atomic mass is 9.88. The van der Waals surface area contributed by atoms with E-state index in [1.165, 1.54) is 0 Å². The number of ether oxygens (including phenoxy) is 1. The lowest BCUT2D eigenvalue weighted by Crippen LogP contribution is -2.32. The summed E-state index contributed by atoms with van der Waals surface area (Å²) in [6, 6.07) is 0. The number of esters is 1. The molecule has 0 fully saturated rings. The number of aliphatic hydroxyl groups is 4. The Morgan fingerprint density at radius 3 is 1.18 bits per heavy atom. The van der Waals surface area contributed by atoms with Crippen LogP contribution in [0.3, 0.4) is 0 Å². The fourth-order valence-corrected chi connectivity index (χ4v) is 0.931. The third kappa shape index (κ3) is 42.7. The molecule has 12 heteroatoms. The highest BCUT2D eigenvalue weighted by molar-refractivity contribution is 5.81. The third-order valence-electron chi connectivity index (χ3n) is 3.24. The van der Waals surface area contributed by atoms with Gasteiger partial charge in [0.25, 0.3) is 0 Å². The predicted molar refractivity (Wildman–Crippen MR) is 125 cm³/mol. The zero-order chi connectivity index (χ0) is 28.0. The summed E-state index contributed by atoms with van der Waals surface area (Å²) in [4.78, 5) is 38.1. The molecule has 0 aromatic heterocycles. The van der Waals surface area contributed by atoms with Gasteiger partial charge in [-0.3, -0.25) is 0 Å². The second kappa shape index (κ2) is 31.9. The van der Waals surface area contributed by atoms with Crippen molar-refractivity contribution in [2.75, 3.05) is 33.0 Å². The molecule has 7 N–H and O–H groups in total. The van der Waals surface area contributed by atoms with Crippen molar-refractivity contribution in [3.05, 3.63) is 50.6 Å². The van der Waals surface area contributed by atoms with Crippen molar-refractivity contribution in [3.63, 3.8) is 0 Å². The highest BCUT2D eigenvalue weighted by Gasteiger charge is 2.24. The van der Waals surface area contributed by atoms with Gasteiger partial charge in [-0.05, 0) is 19.3 Å². The standard InChI is InChI=1S/C7H12O3.C6H14O3.3C3H4O2/c1-2-7(9)10-6-4-3-5-8;1-2-6(3-7,4-8)5-9;3*1-2-3(4)5/h2,8H,1,3-6H2;7-9H,2-5H2,1H3;3*2H,1H2,(H,4,5). The fraction of sp³-hybridized carbons (Fsp3) is 0.455. The molecule has 0 aromatic carbocycles. The minimum atomic E-state index is -0.981. The van der Waals surface area contributed by atoms with Gasteiger partial charge < -0.3 is 40.5 Å². The molecule has 0 rings (SSSR count). The van der Waals surface area contributed by atoms with Gasteiger partial charge in [-0.15, -0.1) is 0 Å². The van der Waals surface area contributed by atoms with Crippen molar-refractivity contribution in [2.24, 2.45) is 5.41 Å². The summed E-state index contributed by atoms with van der Waals surface area (Å²) in [5, 5.41) is 57.1. The topological polar surface area (TPSA) is 219 Å². The summed E-state index contributed by atoms with van der Waals surface area (Å²) >= 11 is 0. The van der Waals surface area contributed by atoms with Gasteiger partial charge in [-0.2, -0.15) is 0 Å². The maximum atomic E-state index is 10.4. The Morgan fingerprint density at radius 1 is 0.706 bits per heavy atom. The van der Waals surface area contributed by atoms with Crippen LogP contribution in [0.15, 0.2) is 50.6 Å². The average molecular weight is 495 g/mol. The van der Waals surface area contributed by atoms with Crippen LogP contribution < -0.4 is 0 Å². The van der Waals surface area contributed by atoms with E-state index in [1.807, 2.05) is 6.92 Å². The molecule has 34 heavy (non-hydrogen) atoms. The van der Waals surface area contributed by atoms with E-state index in [9.17, 15) is 19.2 Å². The van der Waals surface area contributed by atoms with Crippen LogP contribution in [0.4, 0.5) is 0 Å². The van der Waals surface area contributed by atoms with E-state index < -0.39 is 29.3 Å². The quantitative estimate of drug-likeness (QED) is 0.113. The van der Waals surface area contributed by atoms with E-state index >= 15 is 0 Å². The van der Waals surface area contributed by atoms with Crippen molar-refractivity contribution in [1.29, 1.82) is 0 Å². The van der Waals surface area contributed by atoms with Crippen LogP contribution in [0, 0.1) is 5.41 Å². The molecule has 0 aliphatic carbocycles. The van der Waals surface area contributed by atoms with Crippen LogP contribution >= 0.6 is 0 Å². The van der Waals surface area contributed by atoms with E-state index in [-0.39, 0.29) is 26.4 Å². The molecular weight excluding hydrogens is 456 g/mol. The molecule has 0 spiro atoms. The molecule has 0 aromatic rings. The van der Waals surface area contributed by atoms with E-state index in [0.717, 1.165) is 24.3 Å². The molecule has 0 bridgehead atoms. The van der Waals surface area contributed by atoms with Crippen molar-refractivity contribution >= 4 is 23.9 Å². The Hall–Kier alpha value is -3.32. The van der Waals surface area contributed by atoms with Crippen LogP contribution in [-0.2, 0) is 23.9 Å². The number of hydrogen-bond donors (Lipinski definition) is 7. The first-order valence-electron chi connectivity index (χ1n) is 9.65. The normalized spacial score (nSPS) is 8.62. The second-order valence-corrected chi connectivity index (χ2v) is 5.76. The molecule has 0 saturated carbocycles. The molecule has 0 aliphatic rings. The Balaban J connectivity index is -0.000000107. The first kappa shape index (κ1) is 41.0. The summed E-state index contributed by atoms with van der Waals surface area (Å²) in [5.74, 6) is -3.35. The smallest absolute Gasteiger partial charge is 0.330 e. The maximum Gasteiger partial charge on any atom is 0.330 e. The van der Waals surface area contributed by atoms with Gasteiger partial charge in [0.05, 0.1) is 26.4 Å². The number of carbonyl (C=O) groups excluding carboxylic acids is 1. The molecule has 0 radical (unpaired) electrons. The van der Waals surface area contributed by atoms with Crippen molar-refractivity contribution < 1.29 is 59.7 Å². The zero-order valence-electron chi connectivity index (χ0n) is 19.5. The summed E-state index contributed by atoms with van der Waals surface area (Å²) < 4.78 is 4.63. The summed E-state index contributed by atoms with van der Waals surface area (Å²) in [6.07, 6.45) is 5.59. The van der Waals surface area contributed by atoms with Gasteiger partial charge in [0.15, 0.2) is 0 Å². The van der Waals surface area contributed by atoms with E-state index in [0.29, 0.717) is 25.9 Å². The number of carboxylic acid groups (broad SMARTS) is 3. The van der Waals surface area contributed by atoms with Gasteiger partial charge in [0, 0.05) is 36.3 Å². The van der Waals surface area contributed by atoms with Gasteiger partial charge >= 0.3 is 23.9 Å². The molecule has 0 saturated heterocycles. The molecule has 0 aliphatic heterocycles. The lowest BCUT2D eigenvalue weighted by molar-refractivity contribution is -0.138. The molecule has 0 amide bonds. The monoisotopic (exact) mass is 494 g/mol. The van der Waals surface area contributed by atoms with E-state index in [4.69, 9.17) is 35.7 Å². The predicted octanol–water partition coefficient (Wildman–Crippen LogP) is 0.619. The number of carboxylic acids is 3. The van der Waals surface area contributed by atoms with E-state index in [2.05, 4.69) is 31.1 Å². The largest absolute Gasteiger partial charge is 0.478 e. The Morgan fingerprint density at radius 2 is 1.03 bits per heavy atom. The average Bonchev–Trinajstić information content (AvgIpc) is 2.84. The van der Waals surface area contributed by atoms with Gasteiger partial charge in [-0.1, -0.05) is 33.2 Å². The lowest BCUT2D eigenvalue weighted by Gasteiger charge is -2.24. The highest BCUT2D eigenvalue weighted by Crippen LogP contribution is 2.18. The number of rotatable bonds is 12. The van der Waals surface area contributed by atoms with Crippen molar-refractivity contribution in [2.45, 2.75) is 26.2 Å². The van der Waals surface area contributed by atoms with Crippen LogP contribution in [-0.4, -0.2) is 92.7 Å². The third-order valence-corrected chi connectivity index (χ3v) is 3.24. The second-order valence-electron chi connectivity index (χ2n) is 5.76. The molecule has 12 nitrogen and oxygen atoms in total. The first-order chi connectivity index (χ1) is 15.9. The number of unbranched alkanes of at least 4 members (excludes halogenated alkanes) is 1. The van der Waals surface area contributed by atoms with E-state index in [1.54, 1.807) is 0 Å². The van der Waals surface area contributed by atoms with Crippen LogP contribution in [0.1, 0.15) is 26.2 Å². The zero-order valence-corrected chi connectivity index (χ0v) is 19.5. The molecule has 0 atom stereocenters. The van der Waals surface area contributed by atoms with Crippen LogP contribution in [0.2, 0.25) is 0 Å². The molecular formula is C22H38O12. The highest BCUT2D eigenvalue weighted by atomic mass is 16.5.